The van der Waals surface area contributed by atoms with Gasteiger partial charge in [-0.1, -0.05) is 0 Å². The number of anilines is 1. The standard InChI is InChI=1S/C11H15FN7O5P/c12-6-8(20)5(1-2-25(23,17-21)18-22)24-11(6)19-4-16-7-9(13)14-3-15-10(7)19/h1-6,8,11,20-22H,(H2,13,14,15)(H2,17,18,23)/b2-1+/t5-,6-,8-,11-/m1/s1. The van der Waals surface area contributed by atoms with Crippen molar-refractivity contribution in [2.75, 3.05) is 5.73 Å². The molecule has 0 aromatic carbocycles. The summed E-state index contributed by atoms with van der Waals surface area (Å²) >= 11 is 0. The van der Waals surface area contributed by atoms with Crippen LogP contribution in [0.15, 0.2) is 24.5 Å². The lowest BCUT2D eigenvalue weighted by molar-refractivity contribution is -0.00166. The zero-order chi connectivity index (χ0) is 18.2. The molecule has 1 saturated heterocycles. The maximum atomic E-state index is 14.5. The van der Waals surface area contributed by atoms with E-state index in [1.165, 1.54) is 27.7 Å². The molecular weight excluding hydrogens is 360 g/mol. The molecule has 25 heavy (non-hydrogen) atoms. The number of hydrogen-bond donors (Lipinski definition) is 6. The third-order valence-corrected chi connectivity index (χ3v) is 4.86. The second-order valence-corrected chi connectivity index (χ2v) is 7.22. The van der Waals surface area contributed by atoms with E-state index in [1.807, 2.05) is 0 Å². The third-order valence-electron chi connectivity index (χ3n) is 3.68. The molecule has 136 valence electrons. The van der Waals surface area contributed by atoms with Gasteiger partial charge in [0.25, 0.3) is 7.44 Å². The number of hydrogen-bond acceptors (Lipinski definition) is 9. The number of fused-ring (bicyclic) bond motifs is 1. The van der Waals surface area contributed by atoms with Crippen LogP contribution in [-0.4, -0.2) is 53.4 Å². The molecule has 0 radical (unpaired) electrons. The minimum Gasteiger partial charge on any atom is -0.387 e. The molecule has 0 spiro atoms. The normalized spacial score (nSPS) is 27.5. The van der Waals surface area contributed by atoms with Gasteiger partial charge in [0.15, 0.2) is 23.9 Å². The highest BCUT2D eigenvalue weighted by Gasteiger charge is 2.45. The van der Waals surface area contributed by atoms with E-state index >= 15 is 0 Å². The highest BCUT2D eigenvalue weighted by Crippen LogP contribution is 2.39. The van der Waals surface area contributed by atoms with Gasteiger partial charge >= 0.3 is 0 Å². The van der Waals surface area contributed by atoms with Crippen molar-refractivity contribution in [3.63, 3.8) is 0 Å². The van der Waals surface area contributed by atoms with Gasteiger partial charge in [0.1, 0.15) is 24.1 Å². The van der Waals surface area contributed by atoms with Crippen LogP contribution in [0, 0.1) is 0 Å². The zero-order valence-electron chi connectivity index (χ0n) is 12.5. The molecule has 14 heteroatoms. The first-order valence-corrected chi connectivity index (χ1v) is 8.70. The van der Waals surface area contributed by atoms with Gasteiger partial charge in [-0.25, -0.2) is 19.3 Å². The molecule has 1 fully saturated rings. The molecule has 1 aliphatic rings. The van der Waals surface area contributed by atoms with Crippen molar-refractivity contribution in [3.8, 4) is 0 Å². The number of alkyl halides is 1. The minimum absolute atomic E-state index is 0.109. The van der Waals surface area contributed by atoms with Crippen molar-refractivity contribution < 1.29 is 29.2 Å². The van der Waals surface area contributed by atoms with Crippen molar-refractivity contribution in [3.05, 3.63) is 24.5 Å². The van der Waals surface area contributed by atoms with Crippen LogP contribution < -0.4 is 16.2 Å². The Morgan fingerprint density at radius 3 is 2.76 bits per heavy atom. The number of nitrogen functional groups attached to an aromatic ring is 1. The van der Waals surface area contributed by atoms with Gasteiger partial charge in [-0.05, 0) is 6.08 Å². The summed E-state index contributed by atoms with van der Waals surface area (Å²) in [5.41, 5.74) is 6.14. The quantitative estimate of drug-likeness (QED) is 0.297. The molecule has 0 bridgehead atoms. The zero-order valence-corrected chi connectivity index (χ0v) is 13.4. The molecule has 0 aliphatic carbocycles. The maximum absolute atomic E-state index is 14.5. The Kier molecular flexibility index (Phi) is 4.79. The number of nitrogens with one attached hydrogen (secondary N) is 2. The van der Waals surface area contributed by atoms with Gasteiger partial charge in [0.05, 0.1) is 6.33 Å². The smallest absolute Gasteiger partial charge is 0.277 e. The predicted octanol–water partition coefficient (Wildman–Crippen LogP) is -0.331. The van der Waals surface area contributed by atoms with E-state index in [2.05, 4.69) is 15.0 Å². The van der Waals surface area contributed by atoms with Crippen LogP contribution in [0.3, 0.4) is 0 Å². The molecule has 12 nitrogen and oxygen atoms in total. The summed E-state index contributed by atoms with van der Waals surface area (Å²) in [4.78, 5) is 11.7. The summed E-state index contributed by atoms with van der Waals surface area (Å²) < 4.78 is 32.9. The Hall–Kier alpha value is -1.99. The highest BCUT2D eigenvalue weighted by molar-refractivity contribution is 7.62. The fourth-order valence-corrected chi connectivity index (χ4v) is 2.99. The second kappa shape index (κ2) is 6.72. The van der Waals surface area contributed by atoms with E-state index in [0.717, 1.165) is 11.9 Å². The summed E-state index contributed by atoms with van der Waals surface area (Å²) in [7, 11) is -3.84. The van der Waals surface area contributed by atoms with Crippen molar-refractivity contribution in [2.24, 2.45) is 0 Å². The van der Waals surface area contributed by atoms with E-state index in [0.29, 0.717) is 0 Å². The Labute approximate surface area is 139 Å². The molecule has 7 N–H and O–H groups in total. The molecule has 1 aliphatic heterocycles. The van der Waals surface area contributed by atoms with Gasteiger partial charge in [-0.3, -0.25) is 9.13 Å². The maximum Gasteiger partial charge on any atom is 0.277 e. The summed E-state index contributed by atoms with van der Waals surface area (Å²) in [6.45, 7) is 0. The minimum atomic E-state index is -3.84. The van der Waals surface area contributed by atoms with E-state index < -0.39 is 32.1 Å². The largest absolute Gasteiger partial charge is 0.387 e. The van der Waals surface area contributed by atoms with Crippen LogP contribution in [0.5, 0.6) is 0 Å². The summed E-state index contributed by atoms with van der Waals surface area (Å²) in [5.74, 6) is 0.945. The summed E-state index contributed by atoms with van der Waals surface area (Å²) in [5, 5.41) is 30.2. The molecule has 3 rings (SSSR count). The number of nitrogens with two attached hydrogens (primary N) is 1. The molecule has 3 heterocycles. The average molecular weight is 375 g/mol. The first-order valence-electron chi connectivity index (χ1n) is 6.92. The molecule has 0 saturated carbocycles. The number of nitrogens with zero attached hydrogens (tertiary/aromatic N) is 4. The summed E-state index contributed by atoms with van der Waals surface area (Å²) in [6, 6.07) is 0. The van der Waals surface area contributed by atoms with Gasteiger partial charge in [-0.15, -0.1) is 10.5 Å². The Balaban J connectivity index is 1.88. The van der Waals surface area contributed by atoms with Crippen molar-refractivity contribution in [1.82, 2.24) is 30.0 Å². The van der Waals surface area contributed by atoms with E-state index in [4.69, 9.17) is 20.9 Å². The molecule has 0 unspecified atom stereocenters. The van der Waals surface area contributed by atoms with Crippen molar-refractivity contribution in [2.45, 2.75) is 24.6 Å². The number of aromatic nitrogens is 4. The van der Waals surface area contributed by atoms with Crippen LogP contribution in [0.4, 0.5) is 10.2 Å². The third kappa shape index (κ3) is 3.14. The van der Waals surface area contributed by atoms with Gasteiger partial charge in [0.2, 0.25) is 0 Å². The number of aliphatic hydroxyl groups is 1. The van der Waals surface area contributed by atoms with Crippen LogP contribution >= 0.6 is 7.44 Å². The number of rotatable bonds is 5. The van der Waals surface area contributed by atoms with Crippen LogP contribution in [-0.2, 0) is 9.30 Å². The predicted molar refractivity (Wildman–Crippen MR) is 81.1 cm³/mol. The lowest BCUT2D eigenvalue weighted by Crippen LogP contribution is -2.27. The lowest BCUT2D eigenvalue weighted by atomic mass is 10.1. The highest BCUT2D eigenvalue weighted by atomic mass is 31.2. The monoisotopic (exact) mass is 375 g/mol. The summed E-state index contributed by atoms with van der Waals surface area (Å²) in [6.07, 6.45) is -2.44. The van der Waals surface area contributed by atoms with Crippen LogP contribution in [0.1, 0.15) is 6.23 Å². The van der Waals surface area contributed by atoms with Gasteiger partial charge in [0, 0.05) is 5.82 Å². The fraction of sp³-hybridized carbons (Fsp3) is 0.364. The van der Waals surface area contributed by atoms with Gasteiger partial charge in [-0.2, -0.15) is 0 Å². The number of aliphatic hydroxyl groups excluding tert-OH is 1. The van der Waals surface area contributed by atoms with Crippen molar-refractivity contribution >= 4 is 24.4 Å². The van der Waals surface area contributed by atoms with Gasteiger partial charge < -0.3 is 26.0 Å². The molecule has 0 amide bonds. The fourth-order valence-electron chi connectivity index (χ4n) is 2.40. The Bertz CT molecular complexity index is 839. The second-order valence-electron chi connectivity index (χ2n) is 5.21. The first-order chi connectivity index (χ1) is 11.9. The number of halogens is 1. The molecule has 2 aromatic heterocycles. The topological polar surface area (TPSA) is 181 Å². The van der Waals surface area contributed by atoms with E-state index in [1.54, 1.807) is 0 Å². The molecular formula is C11H15FN7O5P. The lowest BCUT2D eigenvalue weighted by Gasteiger charge is -2.14. The van der Waals surface area contributed by atoms with E-state index in [9.17, 15) is 14.1 Å². The average Bonchev–Trinajstić information content (AvgIpc) is 3.16. The van der Waals surface area contributed by atoms with Crippen molar-refractivity contribution in [1.29, 1.82) is 0 Å². The van der Waals surface area contributed by atoms with Crippen LogP contribution in [0.2, 0.25) is 0 Å². The molecule has 2 aromatic rings. The van der Waals surface area contributed by atoms with E-state index in [-0.39, 0.29) is 17.0 Å². The SMILES string of the molecule is Nc1ncnc2c1ncn2[C@@H]1O[C@H](/C=C/P(=O)(NO)NO)[C@@H](O)[C@H]1F. The Morgan fingerprint density at radius 1 is 1.36 bits per heavy atom. The Morgan fingerprint density at radius 2 is 2.08 bits per heavy atom. The first kappa shape index (κ1) is 17.8. The number of ether oxygens (including phenoxy) is 1. The molecule has 4 atom stereocenters. The number of imidazole rings is 1. The van der Waals surface area contributed by atoms with Crippen LogP contribution in [0.25, 0.3) is 11.2 Å².